The highest BCUT2D eigenvalue weighted by molar-refractivity contribution is 4.76. The van der Waals surface area contributed by atoms with Gasteiger partial charge in [-0.3, -0.25) is 0 Å². The lowest BCUT2D eigenvalue weighted by atomic mass is 9.88. The highest BCUT2D eigenvalue weighted by atomic mass is 16.5. The molecule has 0 saturated heterocycles. The van der Waals surface area contributed by atoms with Crippen LogP contribution in [-0.4, -0.2) is 35.6 Å². The number of methoxy groups -OCH3 is 1. The number of ether oxygens (including phenoxy) is 1. The number of hydrogen-bond acceptors (Lipinski definition) is 3. The molecule has 86 valence electrons. The minimum absolute atomic E-state index is 0.0341. The van der Waals surface area contributed by atoms with Crippen LogP contribution in [0.25, 0.3) is 0 Å². The van der Waals surface area contributed by atoms with Crippen LogP contribution in [0.4, 0.5) is 0 Å². The van der Waals surface area contributed by atoms with E-state index in [1.54, 1.807) is 7.11 Å². The van der Waals surface area contributed by atoms with Crippen molar-refractivity contribution in [3.05, 3.63) is 0 Å². The molecule has 4 atom stereocenters. The van der Waals surface area contributed by atoms with Crippen LogP contribution >= 0.6 is 0 Å². The van der Waals surface area contributed by atoms with Crippen LogP contribution in [0.1, 0.15) is 34.1 Å². The molecule has 0 aliphatic rings. The zero-order chi connectivity index (χ0) is 11.3. The van der Waals surface area contributed by atoms with Gasteiger partial charge >= 0.3 is 0 Å². The Balaban J connectivity index is 4.04. The molecule has 0 bridgehead atoms. The summed E-state index contributed by atoms with van der Waals surface area (Å²) in [6.45, 7) is 7.69. The second-order valence-corrected chi connectivity index (χ2v) is 4.44. The van der Waals surface area contributed by atoms with Crippen molar-refractivity contribution in [3.8, 4) is 0 Å². The zero-order valence-electron chi connectivity index (χ0n) is 9.90. The SMILES string of the molecule is CO[C@H](C)C[C@H](O)[C@H](C)[C@H](O)C(C)C. The van der Waals surface area contributed by atoms with Crippen molar-refractivity contribution in [2.75, 3.05) is 7.11 Å². The van der Waals surface area contributed by atoms with Gasteiger partial charge in [-0.2, -0.15) is 0 Å². The van der Waals surface area contributed by atoms with Gasteiger partial charge in [-0.15, -0.1) is 0 Å². The Labute approximate surface area is 87.1 Å². The molecule has 0 aliphatic heterocycles. The minimum Gasteiger partial charge on any atom is -0.393 e. The molecule has 0 aromatic heterocycles. The molecule has 0 fully saturated rings. The first kappa shape index (κ1) is 13.9. The van der Waals surface area contributed by atoms with E-state index in [2.05, 4.69) is 0 Å². The van der Waals surface area contributed by atoms with E-state index in [9.17, 15) is 10.2 Å². The Morgan fingerprint density at radius 3 is 1.93 bits per heavy atom. The maximum absolute atomic E-state index is 9.80. The summed E-state index contributed by atoms with van der Waals surface area (Å²) >= 11 is 0. The van der Waals surface area contributed by atoms with Crippen molar-refractivity contribution in [1.82, 2.24) is 0 Å². The first-order chi connectivity index (χ1) is 6.40. The lowest BCUT2D eigenvalue weighted by Gasteiger charge is -2.28. The Morgan fingerprint density at radius 2 is 1.57 bits per heavy atom. The van der Waals surface area contributed by atoms with Gasteiger partial charge in [0, 0.05) is 13.0 Å². The molecule has 0 unspecified atom stereocenters. The molecule has 0 radical (unpaired) electrons. The van der Waals surface area contributed by atoms with Crippen LogP contribution in [0, 0.1) is 11.8 Å². The molecule has 0 rings (SSSR count). The van der Waals surface area contributed by atoms with E-state index < -0.39 is 12.2 Å². The summed E-state index contributed by atoms with van der Waals surface area (Å²) in [5.41, 5.74) is 0. The molecule has 2 N–H and O–H groups in total. The predicted octanol–water partition coefficient (Wildman–Crippen LogP) is 1.43. The topological polar surface area (TPSA) is 49.7 Å². The molecule has 0 aliphatic carbocycles. The number of rotatable bonds is 6. The van der Waals surface area contributed by atoms with Crippen molar-refractivity contribution in [2.45, 2.75) is 52.4 Å². The van der Waals surface area contributed by atoms with E-state index in [1.807, 2.05) is 27.7 Å². The number of aliphatic hydroxyl groups is 2. The maximum Gasteiger partial charge on any atom is 0.0615 e. The monoisotopic (exact) mass is 204 g/mol. The Morgan fingerprint density at radius 1 is 1.07 bits per heavy atom. The fraction of sp³-hybridized carbons (Fsp3) is 1.00. The predicted molar refractivity (Wildman–Crippen MR) is 57.1 cm³/mol. The van der Waals surface area contributed by atoms with Crippen LogP contribution < -0.4 is 0 Å². The standard InChI is InChI=1S/C11H24O3/c1-7(2)11(13)9(4)10(12)6-8(3)14-5/h7-13H,6H2,1-5H3/t8-,9+,10+,11-/m1/s1. The summed E-state index contributed by atoms with van der Waals surface area (Å²) in [4.78, 5) is 0. The van der Waals surface area contributed by atoms with E-state index in [1.165, 1.54) is 0 Å². The van der Waals surface area contributed by atoms with E-state index >= 15 is 0 Å². The van der Waals surface area contributed by atoms with E-state index in [0.717, 1.165) is 0 Å². The third kappa shape index (κ3) is 4.40. The van der Waals surface area contributed by atoms with Gasteiger partial charge in [0.2, 0.25) is 0 Å². The molecule has 0 heterocycles. The van der Waals surface area contributed by atoms with Gasteiger partial charge in [-0.25, -0.2) is 0 Å². The lowest BCUT2D eigenvalue weighted by molar-refractivity contribution is -0.0272. The zero-order valence-corrected chi connectivity index (χ0v) is 9.90. The molecule has 0 saturated carbocycles. The molecule has 3 heteroatoms. The maximum atomic E-state index is 9.80. The largest absolute Gasteiger partial charge is 0.393 e. The van der Waals surface area contributed by atoms with Gasteiger partial charge in [0.05, 0.1) is 18.3 Å². The first-order valence-electron chi connectivity index (χ1n) is 5.29. The van der Waals surface area contributed by atoms with Crippen molar-refractivity contribution in [1.29, 1.82) is 0 Å². The van der Waals surface area contributed by atoms with Gasteiger partial charge in [0.15, 0.2) is 0 Å². The fourth-order valence-electron chi connectivity index (χ4n) is 1.49. The van der Waals surface area contributed by atoms with Gasteiger partial charge in [-0.1, -0.05) is 20.8 Å². The second-order valence-electron chi connectivity index (χ2n) is 4.44. The lowest BCUT2D eigenvalue weighted by Crippen LogP contribution is -2.35. The highest BCUT2D eigenvalue weighted by Crippen LogP contribution is 2.19. The molecular formula is C11H24O3. The van der Waals surface area contributed by atoms with Gasteiger partial charge < -0.3 is 14.9 Å². The van der Waals surface area contributed by atoms with Gasteiger partial charge in [0.1, 0.15) is 0 Å². The molecule has 0 spiro atoms. The van der Waals surface area contributed by atoms with Crippen LogP contribution in [-0.2, 0) is 4.74 Å². The van der Waals surface area contributed by atoms with Crippen molar-refractivity contribution in [3.63, 3.8) is 0 Å². The average Bonchev–Trinajstić information content (AvgIpc) is 2.14. The summed E-state index contributed by atoms with van der Waals surface area (Å²) in [7, 11) is 1.63. The third-order valence-electron chi connectivity index (χ3n) is 2.80. The molecule has 0 amide bonds. The minimum atomic E-state index is -0.498. The van der Waals surface area contributed by atoms with E-state index in [0.29, 0.717) is 6.42 Å². The first-order valence-corrected chi connectivity index (χ1v) is 5.29. The quantitative estimate of drug-likeness (QED) is 0.688. The molecular weight excluding hydrogens is 180 g/mol. The van der Waals surface area contributed by atoms with Gasteiger partial charge in [-0.05, 0) is 19.3 Å². The van der Waals surface area contributed by atoms with E-state index in [4.69, 9.17) is 4.74 Å². The van der Waals surface area contributed by atoms with Crippen molar-refractivity contribution >= 4 is 0 Å². The van der Waals surface area contributed by atoms with Gasteiger partial charge in [0.25, 0.3) is 0 Å². The smallest absolute Gasteiger partial charge is 0.0615 e. The van der Waals surface area contributed by atoms with Crippen LogP contribution in [0.5, 0.6) is 0 Å². The van der Waals surface area contributed by atoms with Crippen LogP contribution in [0.15, 0.2) is 0 Å². The highest BCUT2D eigenvalue weighted by Gasteiger charge is 2.25. The van der Waals surface area contributed by atoms with Crippen molar-refractivity contribution < 1.29 is 14.9 Å². The summed E-state index contributed by atoms with van der Waals surface area (Å²) in [6.07, 6.45) is -0.343. The molecule has 3 nitrogen and oxygen atoms in total. The fourth-order valence-corrected chi connectivity index (χ4v) is 1.49. The Bertz CT molecular complexity index is 147. The summed E-state index contributed by atoms with van der Waals surface area (Å²) in [6, 6.07) is 0. The number of aliphatic hydroxyl groups excluding tert-OH is 2. The summed E-state index contributed by atoms with van der Waals surface area (Å²) in [5.74, 6) is 0.0742. The van der Waals surface area contributed by atoms with Crippen LogP contribution in [0.2, 0.25) is 0 Å². The normalized spacial score (nSPS) is 20.6. The summed E-state index contributed by atoms with van der Waals surface area (Å²) in [5, 5.41) is 19.5. The Kier molecular flexibility index (Phi) is 6.33. The Hall–Kier alpha value is -0.120. The second kappa shape index (κ2) is 6.38. The number of hydrogen-bond donors (Lipinski definition) is 2. The third-order valence-corrected chi connectivity index (χ3v) is 2.80. The molecule has 0 aromatic carbocycles. The van der Waals surface area contributed by atoms with E-state index in [-0.39, 0.29) is 17.9 Å². The van der Waals surface area contributed by atoms with Crippen molar-refractivity contribution in [2.24, 2.45) is 11.8 Å². The molecule has 0 aromatic rings. The molecule has 14 heavy (non-hydrogen) atoms. The summed E-state index contributed by atoms with van der Waals surface area (Å²) < 4.78 is 5.07. The average molecular weight is 204 g/mol. The van der Waals surface area contributed by atoms with Crippen LogP contribution in [0.3, 0.4) is 0 Å².